The summed E-state index contributed by atoms with van der Waals surface area (Å²) in [5.41, 5.74) is 5.88. The molecule has 15 heavy (non-hydrogen) atoms. The van der Waals surface area contributed by atoms with E-state index in [1.54, 1.807) is 0 Å². The summed E-state index contributed by atoms with van der Waals surface area (Å²) in [5.74, 6) is 2.01. The second-order valence-electron chi connectivity index (χ2n) is 3.51. The van der Waals surface area contributed by atoms with E-state index in [0.717, 1.165) is 19.6 Å². The van der Waals surface area contributed by atoms with Crippen molar-refractivity contribution >= 4 is 41.7 Å². The lowest BCUT2D eigenvalue weighted by atomic mass is 10.2. The number of guanidine groups is 1. The van der Waals surface area contributed by atoms with Crippen LogP contribution in [0.5, 0.6) is 0 Å². The van der Waals surface area contributed by atoms with Crippen molar-refractivity contribution in [2.75, 3.05) is 25.4 Å². The maximum absolute atomic E-state index is 5.88. The molecule has 0 aromatic carbocycles. The van der Waals surface area contributed by atoms with E-state index in [1.807, 2.05) is 11.8 Å². The van der Waals surface area contributed by atoms with Crippen LogP contribution in [0, 0.1) is 0 Å². The van der Waals surface area contributed by atoms with Gasteiger partial charge in [0.2, 0.25) is 0 Å². The molecule has 1 fully saturated rings. The molecule has 3 nitrogen and oxygen atoms in total. The van der Waals surface area contributed by atoms with Crippen molar-refractivity contribution in [1.82, 2.24) is 4.90 Å². The van der Waals surface area contributed by atoms with Gasteiger partial charge in [-0.25, -0.2) is 0 Å². The molecule has 5 heteroatoms. The van der Waals surface area contributed by atoms with Crippen molar-refractivity contribution in [3.05, 3.63) is 0 Å². The van der Waals surface area contributed by atoms with Gasteiger partial charge in [-0.2, -0.15) is 11.8 Å². The van der Waals surface area contributed by atoms with E-state index < -0.39 is 0 Å². The number of halogens is 1. The second kappa shape index (κ2) is 8.50. The summed E-state index contributed by atoms with van der Waals surface area (Å²) in [6.45, 7) is 7.01. The van der Waals surface area contributed by atoms with Crippen molar-refractivity contribution in [2.24, 2.45) is 10.7 Å². The Labute approximate surface area is 114 Å². The molecule has 1 aliphatic rings. The number of nitrogens with zero attached hydrogens (tertiary/aromatic N) is 2. The molecular formula is C10H22IN3S. The topological polar surface area (TPSA) is 41.6 Å². The number of hydrogen-bond acceptors (Lipinski definition) is 2. The molecule has 1 aliphatic heterocycles. The zero-order valence-electron chi connectivity index (χ0n) is 9.61. The molecule has 1 unspecified atom stereocenters. The van der Waals surface area contributed by atoms with Gasteiger partial charge in [0.1, 0.15) is 0 Å². The molecular weight excluding hydrogens is 321 g/mol. The van der Waals surface area contributed by atoms with Gasteiger partial charge in [-0.05, 0) is 32.4 Å². The first-order chi connectivity index (χ1) is 6.77. The molecule has 0 aromatic heterocycles. The van der Waals surface area contributed by atoms with Crippen molar-refractivity contribution < 1.29 is 0 Å². The fraction of sp³-hybridized carbons (Fsp3) is 0.900. The normalized spacial score (nSPS) is 21.2. The van der Waals surface area contributed by atoms with Gasteiger partial charge in [0, 0.05) is 18.3 Å². The fourth-order valence-electron chi connectivity index (χ4n) is 1.63. The third-order valence-corrected chi connectivity index (χ3v) is 3.95. The Bertz CT molecular complexity index is 189. The van der Waals surface area contributed by atoms with Crippen LogP contribution in [0.3, 0.4) is 0 Å². The summed E-state index contributed by atoms with van der Waals surface area (Å²) in [7, 11) is 0. The molecule has 90 valence electrons. The summed E-state index contributed by atoms with van der Waals surface area (Å²) >= 11 is 2.03. The third kappa shape index (κ3) is 5.29. The first-order valence-corrected chi connectivity index (χ1v) is 6.49. The molecule has 0 spiro atoms. The molecule has 1 heterocycles. The highest BCUT2D eigenvalue weighted by molar-refractivity contribution is 14.0. The Morgan fingerprint density at radius 3 is 2.60 bits per heavy atom. The van der Waals surface area contributed by atoms with E-state index >= 15 is 0 Å². The number of hydrogen-bond donors (Lipinski definition) is 1. The molecule has 1 atom stereocenters. The zero-order valence-corrected chi connectivity index (χ0v) is 12.8. The van der Waals surface area contributed by atoms with Crippen molar-refractivity contribution in [1.29, 1.82) is 0 Å². The van der Waals surface area contributed by atoms with E-state index in [2.05, 4.69) is 23.7 Å². The van der Waals surface area contributed by atoms with Gasteiger partial charge in [-0.15, -0.1) is 24.0 Å². The first-order valence-electron chi connectivity index (χ1n) is 5.44. The Morgan fingerprint density at radius 1 is 1.47 bits per heavy atom. The lowest BCUT2D eigenvalue weighted by Gasteiger charge is -2.19. The van der Waals surface area contributed by atoms with Crippen molar-refractivity contribution in [2.45, 2.75) is 31.9 Å². The van der Waals surface area contributed by atoms with E-state index in [0.29, 0.717) is 11.2 Å². The molecule has 1 saturated heterocycles. The number of rotatable bonds is 4. The number of aliphatic imine (C=N–C) groups is 1. The molecule has 0 aromatic rings. The highest BCUT2D eigenvalue weighted by Crippen LogP contribution is 2.25. The van der Waals surface area contributed by atoms with E-state index in [1.165, 1.54) is 18.6 Å². The highest BCUT2D eigenvalue weighted by atomic mass is 127. The van der Waals surface area contributed by atoms with Gasteiger partial charge in [0.25, 0.3) is 0 Å². The standard InChI is InChI=1S/C10H21N3S.HI/c1-3-13(4-2)10(11)12-8-9-6-5-7-14-9;/h9H,3-8H2,1-2H3,(H2,11,12);1H. The summed E-state index contributed by atoms with van der Waals surface area (Å²) < 4.78 is 0. The largest absolute Gasteiger partial charge is 0.370 e. The summed E-state index contributed by atoms with van der Waals surface area (Å²) in [6, 6.07) is 0. The highest BCUT2D eigenvalue weighted by Gasteiger charge is 2.15. The van der Waals surface area contributed by atoms with Crippen LogP contribution in [-0.4, -0.2) is 41.5 Å². The van der Waals surface area contributed by atoms with Crippen LogP contribution < -0.4 is 5.73 Å². The van der Waals surface area contributed by atoms with Gasteiger partial charge in [0.15, 0.2) is 5.96 Å². The summed E-state index contributed by atoms with van der Waals surface area (Å²) in [6.07, 6.45) is 2.65. The van der Waals surface area contributed by atoms with Gasteiger partial charge < -0.3 is 10.6 Å². The number of thioether (sulfide) groups is 1. The Balaban J connectivity index is 0.00000196. The molecule has 1 rings (SSSR count). The van der Waals surface area contributed by atoms with Crippen LogP contribution in [0.25, 0.3) is 0 Å². The number of nitrogens with two attached hydrogens (primary N) is 1. The van der Waals surface area contributed by atoms with Crippen LogP contribution in [0.4, 0.5) is 0 Å². The van der Waals surface area contributed by atoms with Gasteiger partial charge in [-0.3, -0.25) is 4.99 Å². The monoisotopic (exact) mass is 343 g/mol. The van der Waals surface area contributed by atoms with Gasteiger partial charge in [-0.1, -0.05) is 0 Å². The third-order valence-electron chi connectivity index (χ3n) is 2.57. The minimum absolute atomic E-state index is 0. The summed E-state index contributed by atoms with van der Waals surface area (Å²) in [4.78, 5) is 6.54. The maximum atomic E-state index is 5.88. The average molecular weight is 343 g/mol. The molecule has 0 aliphatic carbocycles. The molecule has 0 radical (unpaired) electrons. The first kappa shape index (κ1) is 15.3. The van der Waals surface area contributed by atoms with Crippen molar-refractivity contribution in [3.8, 4) is 0 Å². The predicted octanol–water partition coefficient (Wildman–Crippen LogP) is 2.16. The van der Waals surface area contributed by atoms with E-state index in [-0.39, 0.29) is 24.0 Å². The lowest BCUT2D eigenvalue weighted by molar-refractivity contribution is 0.458. The predicted molar refractivity (Wildman–Crippen MR) is 80.3 cm³/mol. The Kier molecular flexibility index (Phi) is 8.69. The molecule has 2 N–H and O–H groups in total. The fourth-order valence-corrected chi connectivity index (χ4v) is 2.81. The van der Waals surface area contributed by atoms with Crippen molar-refractivity contribution in [3.63, 3.8) is 0 Å². The van der Waals surface area contributed by atoms with Crippen LogP contribution >= 0.6 is 35.7 Å². The Morgan fingerprint density at radius 2 is 2.13 bits per heavy atom. The molecule has 0 bridgehead atoms. The van der Waals surface area contributed by atoms with Crippen LogP contribution in [-0.2, 0) is 0 Å². The molecule has 0 amide bonds. The lowest BCUT2D eigenvalue weighted by Crippen LogP contribution is -2.37. The van der Waals surface area contributed by atoms with E-state index in [9.17, 15) is 0 Å². The maximum Gasteiger partial charge on any atom is 0.191 e. The average Bonchev–Trinajstić information content (AvgIpc) is 2.69. The van der Waals surface area contributed by atoms with Crippen LogP contribution in [0.1, 0.15) is 26.7 Å². The Hall–Kier alpha value is 0.350. The van der Waals surface area contributed by atoms with Crippen LogP contribution in [0.15, 0.2) is 4.99 Å². The van der Waals surface area contributed by atoms with Crippen LogP contribution in [0.2, 0.25) is 0 Å². The SMILES string of the molecule is CCN(CC)C(N)=NCC1CCCS1.I. The minimum atomic E-state index is 0. The quantitative estimate of drug-likeness (QED) is 0.483. The second-order valence-corrected chi connectivity index (χ2v) is 4.91. The summed E-state index contributed by atoms with van der Waals surface area (Å²) in [5, 5.41) is 0.712. The zero-order chi connectivity index (χ0) is 10.4. The minimum Gasteiger partial charge on any atom is -0.370 e. The molecule has 0 saturated carbocycles. The van der Waals surface area contributed by atoms with E-state index in [4.69, 9.17) is 5.73 Å². The smallest absolute Gasteiger partial charge is 0.191 e. The van der Waals surface area contributed by atoms with Gasteiger partial charge >= 0.3 is 0 Å². The van der Waals surface area contributed by atoms with Gasteiger partial charge in [0.05, 0.1) is 6.54 Å².